The second-order valence-electron chi connectivity index (χ2n) is 1.65. The summed E-state index contributed by atoms with van der Waals surface area (Å²) in [5.41, 5.74) is 0. The Morgan fingerprint density at radius 3 is 2.57 bits per heavy atom. The van der Waals surface area contributed by atoms with Crippen LogP contribution in [0.2, 0.25) is 0 Å². The molecule has 1 heteroatoms. The number of rotatable bonds is 0. The van der Waals surface area contributed by atoms with Gasteiger partial charge in [0.25, 0.3) is 0 Å². The summed E-state index contributed by atoms with van der Waals surface area (Å²) < 4.78 is 0. The van der Waals surface area contributed by atoms with E-state index in [0.717, 1.165) is 6.42 Å². The van der Waals surface area contributed by atoms with Crippen molar-refractivity contribution in [3.8, 4) is 0 Å². The molecule has 0 nitrogen and oxygen atoms in total. The van der Waals surface area contributed by atoms with E-state index < -0.39 is 0 Å². The highest BCUT2D eigenvalue weighted by Crippen LogP contribution is 1.93. The Kier molecular flexibility index (Phi) is 1.37. The molecule has 0 radical (unpaired) electrons. The lowest BCUT2D eigenvalue weighted by atomic mass is 10.2. The standard InChI is InChI=1S/C6H8Si/c7-6-4-2-1-3-5-6/h1-4H,5,7H2. The largest absolute Gasteiger partial charge is 0.0806 e. The van der Waals surface area contributed by atoms with E-state index in [4.69, 9.17) is 0 Å². The van der Waals surface area contributed by atoms with Crippen LogP contribution < -0.4 is 0 Å². The summed E-state index contributed by atoms with van der Waals surface area (Å²) in [4.78, 5) is 0. The van der Waals surface area contributed by atoms with Gasteiger partial charge in [0.2, 0.25) is 0 Å². The highest BCUT2D eigenvalue weighted by Gasteiger charge is 1.84. The van der Waals surface area contributed by atoms with Gasteiger partial charge in [-0.15, -0.1) is 0 Å². The molecule has 0 spiro atoms. The van der Waals surface area contributed by atoms with Crippen LogP contribution in [0, 0.1) is 0 Å². The minimum atomic E-state index is 1.15. The Morgan fingerprint density at radius 2 is 2.29 bits per heavy atom. The number of hydrogen-bond acceptors (Lipinski definition) is 0. The normalized spacial score (nSPS) is 18.0. The Labute approximate surface area is 46.6 Å². The van der Waals surface area contributed by atoms with Crippen molar-refractivity contribution in [3.63, 3.8) is 0 Å². The second kappa shape index (κ2) is 2.03. The van der Waals surface area contributed by atoms with E-state index in [9.17, 15) is 0 Å². The second-order valence-corrected chi connectivity index (χ2v) is 2.56. The summed E-state index contributed by atoms with van der Waals surface area (Å²) in [5, 5.41) is 1.47. The van der Waals surface area contributed by atoms with Gasteiger partial charge in [0, 0.05) is 0 Å². The predicted octanol–water partition coefficient (Wildman–Crippen LogP) is 0.308. The third-order valence-electron chi connectivity index (χ3n) is 0.959. The average Bonchev–Trinajstić information content (AvgIpc) is 1.69. The van der Waals surface area contributed by atoms with Gasteiger partial charge >= 0.3 is 0 Å². The van der Waals surface area contributed by atoms with E-state index >= 15 is 0 Å². The van der Waals surface area contributed by atoms with Gasteiger partial charge in [-0.05, 0) is 16.3 Å². The van der Waals surface area contributed by atoms with Gasteiger partial charge in [0.15, 0.2) is 0 Å². The molecule has 0 bridgehead atoms. The maximum atomic E-state index is 2.17. The van der Waals surface area contributed by atoms with Gasteiger partial charge in [-0.25, -0.2) is 0 Å². The number of hydrogen-bond donors (Lipinski definition) is 0. The summed E-state index contributed by atoms with van der Waals surface area (Å²) in [6.45, 7) is 0. The molecule has 7 heavy (non-hydrogen) atoms. The molecule has 0 unspecified atom stereocenters. The fourth-order valence-corrected chi connectivity index (χ4v) is 0.860. The summed E-state index contributed by atoms with van der Waals surface area (Å²) in [6, 6.07) is 0. The van der Waals surface area contributed by atoms with Gasteiger partial charge in [-0.2, -0.15) is 0 Å². The van der Waals surface area contributed by atoms with Gasteiger partial charge in [-0.1, -0.05) is 29.5 Å². The monoisotopic (exact) mass is 108 g/mol. The maximum Gasteiger partial charge on any atom is -0.0144 e. The molecular weight excluding hydrogens is 100 g/mol. The van der Waals surface area contributed by atoms with Crippen LogP contribution in [0.15, 0.2) is 24.3 Å². The smallest absolute Gasteiger partial charge is 0.0144 e. The summed E-state index contributed by atoms with van der Waals surface area (Å²) in [5.74, 6) is 0. The molecule has 1 aliphatic rings. The third-order valence-corrected chi connectivity index (χ3v) is 1.48. The fraction of sp³-hybridized carbons (Fsp3) is 0.167. The average molecular weight is 108 g/mol. The summed E-state index contributed by atoms with van der Waals surface area (Å²) in [7, 11) is 1.96. The van der Waals surface area contributed by atoms with Crippen molar-refractivity contribution in [2.24, 2.45) is 0 Å². The van der Waals surface area contributed by atoms with Crippen LogP contribution in [0.4, 0.5) is 0 Å². The van der Waals surface area contributed by atoms with E-state index in [1.54, 1.807) is 0 Å². The molecule has 1 rings (SSSR count). The first-order valence-corrected chi connectivity index (χ1v) is 3.11. The lowest BCUT2D eigenvalue weighted by Gasteiger charge is -1.95. The first-order chi connectivity index (χ1) is 3.39. The van der Waals surface area contributed by atoms with Crippen molar-refractivity contribution in [1.82, 2.24) is 0 Å². The molecule has 0 aromatic heterocycles. The summed E-state index contributed by atoms with van der Waals surface area (Å²) in [6.07, 6.45) is 9.62. The lowest BCUT2D eigenvalue weighted by Crippen LogP contribution is -1.92. The van der Waals surface area contributed by atoms with Crippen LogP contribution >= 0.6 is 0 Å². The van der Waals surface area contributed by atoms with Gasteiger partial charge < -0.3 is 0 Å². The first kappa shape index (κ1) is 4.72. The molecule has 0 aromatic carbocycles. The molecule has 0 fully saturated rings. The van der Waals surface area contributed by atoms with E-state index in [1.807, 2.05) is 9.85 Å². The van der Waals surface area contributed by atoms with E-state index in [1.165, 1.54) is 5.17 Å². The highest BCUT2D eigenvalue weighted by molar-refractivity contribution is 6.42. The molecule has 0 saturated heterocycles. The third kappa shape index (κ3) is 1.24. The van der Waals surface area contributed by atoms with E-state index in [-0.39, 0.29) is 0 Å². The van der Waals surface area contributed by atoms with Gasteiger partial charge in [0.05, 0.1) is 0 Å². The van der Waals surface area contributed by atoms with Crippen molar-refractivity contribution in [1.29, 1.82) is 0 Å². The molecular formula is C6H8Si. The molecule has 36 valence electrons. The topological polar surface area (TPSA) is 0 Å². The zero-order valence-electron chi connectivity index (χ0n) is 4.22. The fourth-order valence-electron chi connectivity index (χ4n) is 0.558. The Balaban J connectivity index is 2.66. The van der Waals surface area contributed by atoms with Crippen LogP contribution in [0.3, 0.4) is 0 Å². The molecule has 0 saturated carbocycles. The van der Waals surface area contributed by atoms with Crippen LogP contribution in [0.1, 0.15) is 6.42 Å². The molecule has 0 N–H and O–H groups in total. The van der Waals surface area contributed by atoms with Crippen LogP contribution in [0.25, 0.3) is 0 Å². The first-order valence-electron chi connectivity index (χ1n) is 2.40. The molecule has 0 heterocycles. The van der Waals surface area contributed by atoms with E-state index in [2.05, 4.69) is 24.3 Å². The van der Waals surface area contributed by atoms with Crippen LogP contribution in [-0.2, 0) is 0 Å². The molecule has 0 aliphatic heterocycles. The molecule has 0 aromatic rings. The van der Waals surface area contributed by atoms with E-state index in [0.29, 0.717) is 0 Å². The molecule has 1 aliphatic carbocycles. The van der Waals surface area contributed by atoms with Crippen molar-refractivity contribution >= 4 is 15.0 Å². The molecule has 0 amide bonds. The Bertz CT molecular complexity index is 131. The van der Waals surface area contributed by atoms with Crippen molar-refractivity contribution in [2.75, 3.05) is 0 Å². The Morgan fingerprint density at radius 1 is 1.43 bits per heavy atom. The predicted molar refractivity (Wildman–Crippen MR) is 36.4 cm³/mol. The summed E-state index contributed by atoms with van der Waals surface area (Å²) >= 11 is 0. The minimum absolute atomic E-state index is 1.15. The van der Waals surface area contributed by atoms with Gasteiger partial charge in [-0.3, -0.25) is 0 Å². The number of allylic oxidation sites excluding steroid dienone is 4. The SMILES string of the molecule is [SiH2]=C1C=CC=CC1. The molecule has 0 atom stereocenters. The maximum absolute atomic E-state index is 2.17. The van der Waals surface area contributed by atoms with Gasteiger partial charge in [0.1, 0.15) is 0 Å². The van der Waals surface area contributed by atoms with Crippen LogP contribution in [0.5, 0.6) is 0 Å². The van der Waals surface area contributed by atoms with Crippen LogP contribution in [-0.4, -0.2) is 15.0 Å². The van der Waals surface area contributed by atoms with Crippen molar-refractivity contribution in [3.05, 3.63) is 24.3 Å². The zero-order valence-corrected chi connectivity index (χ0v) is 5.64. The minimum Gasteiger partial charge on any atom is -0.0806 e. The Hall–Kier alpha value is -0.433. The zero-order chi connectivity index (χ0) is 5.11. The highest BCUT2D eigenvalue weighted by atomic mass is 28.1. The van der Waals surface area contributed by atoms with Crippen molar-refractivity contribution < 1.29 is 0 Å². The lowest BCUT2D eigenvalue weighted by molar-refractivity contribution is 1.50. The quantitative estimate of drug-likeness (QED) is 0.392. The van der Waals surface area contributed by atoms with Crippen molar-refractivity contribution in [2.45, 2.75) is 6.42 Å².